The van der Waals surface area contributed by atoms with Crippen LogP contribution in [0.25, 0.3) is 5.13 Å². The molecule has 3 aliphatic rings. The second-order valence-electron chi connectivity index (χ2n) is 9.87. The van der Waals surface area contributed by atoms with Gasteiger partial charge in [-0.2, -0.15) is 0 Å². The van der Waals surface area contributed by atoms with Crippen LogP contribution in [0.2, 0.25) is 0 Å². The van der Waals surface area contributed by atoms with Crippen LogP contribution in [0.5, 0.6) is 0 Å². The van der Waals surface area contributed by atoms with Crippen molar-refractivity contribution in [3.63, 3.8) is 0 Å². The normalized spacial score (nSPS) is 22.3. The summed E-state index contributed by atoms with van der Waals surface area (Å²) in [5.41, 5.74) is 1.25. The lowest BCUT2D eigenvalue weighted by atomic mass is 9.94. The van der Waals surface area contributed by atoms with E-state index in [1.54, 1.807) is 11.3 Å². The van der Waals surface area contributed by atoms with Crippen LogP contribution >= 0.6 is 11.3 Å². The SMILES string of the molecule is CN1CCN(CCNCc2cccn2-c2nnc(N3CCN(C4CCCCC4)CC3)s2)CC1. The molecule has 2 saturated heterocycles. The molecule has 0 unspecified atom stereocenters. The quantitative estimate of drug-likeness (QED) is 0.591. The van der Waals surface area contributed by atoms with Gasteiger partial charge in [0.05, 0.1) is 0 Å². The predicted octanol–water partition coefficient (Wildman–Crippen LogP) is 2.12. The van der Waals surface area contributed by atoms with Gasteiger partial charge in [0.25, 0.3) is 0 Å². The van der Waals surface area contributed by atoms with Crippen molar-refractivity contribution in [1.82, 2.24) is 34.8 Å². The molecule has 33 heavy (non-hydrogen) atoms. The Morgan fingerprint density at radius 1 is 0.939 bits per heavy atom. The zero-order valence-electron chi connectivity index (χ0n) is 20.2. The van der Waals surface area contributed by atoms with Crippen LogP contribution in [0.1, 0.15) is 37.8 Å². The first-order valence-corrected chi connectivity index (χ1v) is 13.7. The highest BCUT2D eigenvalue weighted by molar-refractivity contribution is 7.17. The Kier molecular flexibility index (Phi) is 7.93. The summed E-state index contributed by atoms with van der Waals surface area (Å²) >= 11 is 1.72. The summed E-state index contributed by atoms with van der Waals surface area (Å²) in [7, 11) is 2.21. The van der Waals surface area contributed by atoms with E-state index in [4.69, 9.17) is 0 Å². The van der Waals surface area contributed by atoms with Gasteiger partial charge in [0, 0.05) is 89.9 Å². The Hall–Kier alpha value is -1.52. The van der Waals surface area contributed by atoms with Crippen LogP contribution in [0.4, 0.5) is 5.13 Å². The van der Waals surface area contributed by atoms with E-state index in [9.17, 15) is 0 Å². The second kappa shape index (κ2) is 11.3. The topological polar surface area (TPSA) is 55.7 Å². The zero-order chi connectivity index (χ0) is 22.5. The highest BCUT2D eigenvalue weighted by atomic mass is 32.1. The summed E-state index contributed by atoms with van der Waals surface area (Å²) in [4.78, 5) is 10.1. The fourth-order valence-electron chi connectivity index (χ4n) is 5.43. The summed E-state index contributed by atoms with van der Waals surface area (Å²) in [6.07, 6.45) is 9.15. The lowest BCUT2D eigenvalue weighted by Gasteiger charge is -2.40. The zero-order valence-corrected chi connectivity index (χ0v) is 21.0. The number of anilines is 1. The van der Waals surface area contributed by atoms with E-state index >= 15 is 0 Å². The molecule has 2 aromatic rings. The lowest BCUT2D eigenvalue weighted by molar-refractivity contribution is 0.148. The van der Waals surface area contributed by atoms with E-state index in [2.05, 4.69) is 65.1 Å². The molecule has 2 aliphatic heterocycles. The molecule has 1 aliphatic carbocycles. The van der Waals surface area contributed by atoms with Gasteiger partial charge in [0.1, 0.15) is 0 Å². The molecular weight excluding hydrogens is 432 g/mol. The number of likely N-dealkylation sites (N-methyl/N-ethyl adjacent to an activating group) is 1. The van der Waals surface area contributed by atoms with E-state index in [1.807, 2.05) is 0 Å². The summed E-state index contributed by atoms with van der Waals surface area (Å²) in [5.74, 6) is 0. The van der Waals surface area contributed by atoms with Crippen LogP contribution in [-0.4, -0.2) is 108 Å². The molecule has 0 atom stereocenters. The maximum atomic E-state index is 4.56. The first-order chi connectivity index (χ1) is 16.3. The van der Waals surface area contributed by atoms with Crippen LogP contribution in [0.3, 0.4) is 0 Å². The fraction of sp³-hybridized carbons (Fsp3) is 0.750. The maximum absolute atomic E-state index is 4.56. The number of hydrogen-bond donors (Lipinski definition) is 1. The smallest absolute Gasteiger partial charge is 0.218 e. The molecule has 5 rings (SSSR count). The molecule has 0 aromatic carbocycles. The highest BCUT2D eigenvalue weighted by Gasteiger charge is 2.26. The van der Waals surface area contributed by atoms with Crippen molar-refractivity contribution in [3.8, 4) is 5.13 Å². The summed E-state index contributed by atoms with van der Waals surface area (Å²) < 4.78 is 2.20. The van der Waals surface area contributed by atoms with Gasteiger partial charge >= 0.3 is 0 Å². The van der Waals surface area contributed by atoms with Gasteiger partial charge in [-0.3, -0.25) is 14.4 Å². The molecule has 4 heterocycles. The number of nitrogens with one attached hydrogen (secondary N) is 1. The Balaban J connectivity index is 1.10. The van der Waals surface area contributed by atoms with E-state index in [0.29, 0.717) is 0 Å². The van der Waals surface area contributed by atoms with Gasteiger partial charge in [-0.1, -0.05) is 30.6 Å². The number of aromatic nitrogens is 3. The van der Waals surface area contributed by atoms with Crippen molar-refractivity contribution in [2.24, 2.45) is 0 Å². The second-order valence-corrected chi connectivity index (χ2v) is 10.8. The summed E-state index contributed by atoms with van der Waals surface area (Å²) in [6, 6.07) is 5.12. The van der Waals surface area contributed by atoms with Gasteiger partial charge in [-0.05, 0) is 32.0 Å². The van der Waals surface area contributed by atoms with Crippen molar-refractivity contribution in [2.75, 3.05) is 77.4 Å². The van der Waals surface area contributed by atoms with E-state index in [-0.39, 0.29) is 0 Å². The molecule has 8 nitrogen and oxygen atoms in total. The number of hydrogen-bond acceptors (Lipinski definition) is 8. The lowest BCUT2D eigenvalue weighted by Crippen LogP contribution is -2.50. The average molecular weight is 473 g/mol. The third kappa shape index (κ3) is 5.95. The Bertz CT molecular complexity index is 844. The van der Waals surface area contributed by atoms with Crippen molar-refractivity contribution in [2.45, 2.75) is 44.7 Å². The Morgan fingerprint density at radius 3 is 2.48 bits per heavy atom. The van der Waals surface area contributed by atoms with Crippen LogP contribution in [0.15, 0.2) is 18.3 Å². The predicted molar refractivity (Wildman–Crippen MR) is 136 cm³/mol. The molecule has 3 fully saturated rings. The first kappa shape index (κ1) is 23.2. The van der Waals surface area contributed by atoms with Crippen molar-refractivity contribution < 1.29 is 0 Å². The molecule has 0 spiro atoms. The van der Waals surface area contributed by atoms with Gasteiger partial charge in [-0.15, -0.1) is 10.2 Å². The summed E-state index contributed by atoms with van der Waals surface area (Å²) in [5, 5.41) is 14.8. The van der Waals surface area contributed by atoms with Gasteiger partial charge < -0.3 is 15.1 Å². The highest BCUT2D eigenvalue weighted by Crippen LogP contribution is 2.28. The Morgan fingerprint density at radius 2 is 1.70 bits per heavy atom. The summed E-state index contributed by atoms with van der Waals surface area (Å²) in [6.45, 7) is 12.2. The molecule has 0 bridgehead atoms. The minimum absolute atomic E-state index is 0.817. The molecule has 1 N–H and O–H groups in total. The largest absolute Gasteiger partial charge is 0.344 e. The molecule has 0 radical (unpaired) electrons. The number of rotatable bonds is 8. The van der Waals surface area contributed by atoms with Crippen molar-refractivity contribution in [1.29, 1.82) is 0 Å². The standard InChI is InChI=1S/C24H40N8S/c1-28-12-14-29(15-13-28)11-9-25-20-22-8-5-10-32(22)24-27-26-23(33-24)31-18-16-30(17-19-31)21-6-3-2-4-7-21/h5,8,10,21,25H,2-4,6-7,9,11-20H2,1H3. The molecular formula is C24H40N8S. The van der Waals surface area contributed by atoms with Gasteiger partial charge in [0.2, 0.25) is 10.3 Å². The van der Waals surface area contributed by atoms with Gasteiger partial charge in [0.15, 0.2) is 0 Å². The van der Waals surface area contributed by atoms with Crippen LogP contribution in [-0.2, 0) is 6.54 Å². The minimum Gasteiger partial charge on any atom is -0.344 e. The maximum Gasteiger partial charge on any atom is 0.218 e. The minimum atomic E-state index is 0.817. The molecule has 0 amide bonds. The fourth-order valence-corrected chi connectivity index (χ4v) is 6.34. The number of piperazine rings is 2. The van der Waals surface area contributed by atoms with Gasteiger partial charge in [-0.25, -0.2) is 0 Å². The van der Waals surface area contributed by atoms with Crippen molar-refractivity contribution >= 4 is 16.5 Å². The third-order valence-corrected chi connectivity index (χ3v) is 8.61. The average Bonchev–Trinajstić information content (AvgIpc) is 3.53. The molecule has 9 heteroatoms. The molecule has 182 valence electrons. The van der Waals surface area contributed by atoms with Crippen LogP contribution in [0, 0.1) is 0 Å². The van der Waals surface area contributed by atoms with Crippen molar-refractivity contribution in [3.05, 3.63) is 24.0 Å². The number of nitrogens with zero attached hydrogens (tertiary/aromatic N) is 7. The Labute approximate surface area is 202 Å². The first-order valence-electron chi connectivity index (χ1n) is 12.9. The monoisotopic (exact) mass is 472 g/mol. The molecule has 1 saturated carbocycles. The third-order valence-electron chi connectivity index (χ3n) is 7.63. The van der Waals surface area contributed by atoms with E-state index in [0.717, 1.165) is 62.1 Å². The molecule has 2 aromatic heterocycles. The van der Waals surface area contributed by atoms with Crippen LogP contribution < -0.4 is 10.2 Å². The van der Waals surface area contributed by atoms with E-state index < -0.39 is 0 Å². The van der Waals surface area contributed by atoms with E-state index in [1.165, 1.54) is 64.0 Å².